The Bertz CT molecular complexity index is 1340. The van der Waals surface area contributed by atoms with Crippen LogP contribution in [0, 0.1) is 28.6 Å². The van der Waals surface area contributed by atoms with E-state index in [-0.39, 0.29) is 22.5 Å². The number of benzene rings is 1. The summed E-state index contributed by atoms with van der Waals surface area (Å²) in [5.74, 6) is 0.754. The van der Waals surface area contributed by atoms with Gasteiger partial charge in [0.05, 0.1) is 16.8 Å². The zero-order valence-corrected chi connectivity index (χ0v) is 22.2. The molecule has 4 aliphatic rings. The van der Waals surface area contributed by atoms with Crippen molar-refractivity contribution in [3.05, 3.63) is 71.1 Å². The number of esters is 1. The van der Waals surface area contributed by atoms with Crippen molar-refractivity contribution in [1.82, 2.24) is 9.78 Å². The van der Waals surface area contributed by atoms with Gasteiger partial charge in [-0.3, -0.25) is 4.79 Å². The third kappa shape index (κ3) is 4.18. The van der Waals surface area contributed by atoms with Crippen molar-refractivity contribution in [3.63, 3.8) is 0 Å². The summed E-state index contributed by atoms with van der Waals surface area (Å²) in [6.45, 7) is 4.66. The van der Waals surface area contributed by atoms with E-state index < -0.39 is 17.7 Å². The molecule has 0 bridgehead atoms. The minimum absolute atomic E-state index is 0.0112. The predicted molar refractivity (Wildman–Crippen MR) is 139 cm³/mol. The summed E-state index contributed by atoms with van der Waals surface area (Å²) < 4.78 is 46.3. The molecule has 4 aliphatic carbocycles. The second kappa shape index (κ2) is 9.20. The van der Waals surface area contributed by atoms with Crippen LogP contribution in [0.25, 0.3) is 5.70 Å². The molecule has 39 heavy (non-hydrogen) atoms. The van der Waals surface area contributed by atoms with Gasteiger partial charge in [0.1, 0.15) is 12.4 Å². The number of rotatable bonds is 4. The normalized spacial score (nSPS) is 34.0. The molecular formula is C31H33F3N2O3. The molecule has 2 fully saturated rings. The number of hydrogen-bond acceptors (Lipinski definition) is 4. The Labute approximate surface area is 226 Å². The molecule has 2 saturated carbocycles. The van der Waals surface area contributed by atoms with E-state index >= 15 is 0 Å². The molecule has 8 heteroatoms. The van der Waals surface area contributed by atoms with E-state index in [1.165, 1.54) is 17.7 Å². The number of nitrogens with zero attached hydrogens (tertiary/aromatic N) is 2. The monoisotopic (exact) mass is 538 g/mol. The van der Waals surface area contributed by atoms with Gasteiger partial charge in [-0.15, -0.1) is 0 Å². The molecule has 0 unspecified atom stereocenters. The fraction of sp³-hybridized carbons (Fsp3) is 0.516. The quantitative estimate of drug-likeness (QED) is 0.236. The number of carbonyl (C=O) groups is 2. The molecule has 0 N–H and O–H groups in total. The molecule has 0 saturated heterocycles. The van der Waals surface area contributed by atoms with Crippen LogP contribution in [0.3, 0.4) is 0 Å². The van der Waals surface area contributed by atoms with E-state index in [0.29, 0.717) is 24.2 Å². The summed E-state index contributed by atoms with van der Waals surface area (Å²) in [7, 11) is 0. The number of aromatic nitrogens is 2. The molecule has 0 aliphatic heterocycles. The molecule has 0 radical (unpaired) electrons. The van der Waals surface area contributed by atoms with Crippen molar-refractivity contribution < 1.29 is 27.5 Å². The SMILES string of the molecule is C[C@]12CC[C@H](OC(=O)c3ccc(C(F)(F)F)cc3)CC1=CC[C@@H]1[C@@H]2CC[C@]2(C)C(n3cccn3)=C(C=O)C[C@@H]12. The van der Waals surface area contributed by atoms with Crippen LogP contribution < -0.4 is 0 Å². The summed E-state index contributed by atoms with van der Waals surface area (Å²) >= 11 is 0. The minimum Gasteiger partial charge on any atom is -0.458 e. The molecule has 206 valence electrons. The zero-order valence-electron chi connectivity index (χ0n) is 22.2. The molecular weight excluding hydrogens is 505 g/mol. The number of carbonyl (C=O) groups excluding carboxylic acids is 2. The average Bonchev–Trinajstić information content (AvgIpc) is 3.53. The fourth-order valence-electron chi connectivity index (χ4n) is 8.35. The van der Waals surface area contributed by atoms with E-state index in [2.05, 4.69) is 25.0 Å². The highest BCUT2D eigenvalue weighted by Crippen LogP contribution is 2.66. The lowest BCUT2D eigenvalue weighted by Crippen LogP contribution is -2.50. The van der Waals surface area contributed by atoms with E-state index in [1.54, 1.807) is 6.20 Å². The Kier molecular flexibility index (Phi) is 6.16. The van der Waals surface area contributed by atoms with Gasteiger partial charge in [0, 0.05) is 29.8 Å². The van der Waals surface area contributed by atoms with Gasteiger partial charge in [0.2, 0.25) is 0 Å². The highest BCUT2D eigenvalue weighted by atomic mass is 19.4. The number of aldehydes is 1. The lowest BCUT2D eigenvalue weighted by Gasteiger charge is -2.57. The summed E-state index contributed by atoms with van der Waals surface area (Å²) in [6, 6.07) is 6.10. The standard InChI is InChI=1S/C31H33F3N2O3/c1-29-12-10-23(39-28(38)19-4-6-21(7-5-19)31(32,33)34)17-22(29)8-9-24-25(29)11-13-30(2)26(24)16-20(18-37)27(30)36-15-3-14-35-36/h3-8,14-15,18,23-26H,9-13,16-17H2,1-2H3/t23-,24+,25-,26-,29-,30-/m0/s1. The first-order valence-corrected chi connectivity index (χ1v) is 13.8. The first-order chi connectivity index (χ1) is 18.5. The minimum atomic E-state index is -4.44. The van der Waals surface area contributed by atoms with Gasteiger partial charge in [0.15, 0.2) is 0 Å². The summed E-state index contributed by atoms with van der Waals surface area (Å²) in [5.41, 5.74) is 2.52. The van der Waals surface area contributed by atoms with Gasteiger partial charge in [-0.2, -0.15) is 18.3 Å². The Morgan fingerprint density at radius 1 is 1.08 bits per heavy atom. The fourth-order valence-corrected chi connectivity index (χ4v) is 8.35. The molecule has 0 spiro atoms. The van der Waals surface area contributed by atoms with Gasteiger partial charge in [-0.25, -0.2) is 9.48 Å². The molecule has 1 aromatic carbocycles. The lowest BCUT2D eigenvalue weighted by molar-refractivity contribution is -0.137. The number of hydrogen-bond donors (Lipinski definition) is 0. The predicted octanol–water partition coefficient (Wildman–Crippen LogP) is 7.11. The Balaban J connectivity index is 1.18. The van der Waals surface area contributed by atoms with E-state index in [9.17, 15) is 22.8 Å². The number of fused-ring (bicyclic) bond motifs is 5. The van der Waals surface area contributed by atoms with Gasteiger partial charge in [-0.1, -0.05) is 25.5 Å². The maximum atomic E-state index is 12.9. The maximum Gasteiger partial charge on any atom is 0.416 e. The van der Waals surface area contributed by atoms with Gasteiger partial charge < -0.3 is 4.74 Å². The van der Waals surface area contributed by atoms with Crippen LogP contribution in [-0.4, -0.2) is 28.1 Å². The summed E-state index contributed by atoms with van der Waals surface area (Å²) in [4.78, 5) is 24.9. The lowest BCUT2D eigenvalue weighted by atomic mass is 9.48. The topological polar surface area (TPSA) is 61.2 Å². The van der Waals surface area contributed by atoms with Crippen molar-refractivity contribution in [3.8, 4) is 0 Å². The first-order valence-electron chi connectivity index (χ1n) is 13.8. The van der Waals surface area contributed by atoms with Crippen LogP contribution in [0.4, 0.5) is 13.2 Å². The number of alkyl halides is 3. The third-order valence-corrected chi connectivity index (χ3v) is 10.3. The van der Waals surface area contributed by atoms with Crippen molar-refractivity contribution in [2.45, 2.75) is 71.1 Å². The Hall–Kier alpha value is -3.16. The van der Waals surface area contributed by atoms with Crippen LogP contribution in [0.1, 0.15) is 74.7 Å². The zero-order chi connectivity index (χ0) is 27.6. The highest BCUT2D eigenvalue weighted by molar-refractivity contribution is 5.89. The molecule has 0 amide bonds. The highest BCUT2D eigenvalue weighted by Gasteiger charge is 2.58. The van der Waals surface area contributed by atoms with Crippen molar-refractivity contribution >= 4 is 18.0 Å². The van der Waals surface area contributed by atoms with E-state index in [1.807, 2.05) is 16.9 Å². The van der Waals surface area contributed by atoms with Crippen LogP contribution in [0.2, 0.25) is 0 Å². The molecule has 6 atom stereocenters. The maximum absolute atomic E-state index is 12.9. The van der Waals surface area contributed by atoms with Gasteiger partial charge in [-0.05, 0) is 92.0 Å². The van der Waals surface area contributed by atoms with Crippen LogP contribution in [0.5, 0.6) is 0 Å². The molecule has 2 aromatic rings. The van der Waals surface area contributed by atoms with Crippen LogP contribution >= 0.6 is 0 Å². The number of halogens is 3. The summed E-state index contributed by atoms with van der Waals surface area (Å²) in [6.07, 6.45) is 8.41. The van der Waals surface area contributed by atoms with Crippen molar-refractivity contribution in [2.24, 2.45) is 28.6 Å². The molecule has 1 aromatic heterocycles. The van der Waals surface area contributed by atoms with Crippen molar-refractivity contribution in [2.75, 3.05) is 0 Å². The summed E-state index contributed by atoms with van der Waals surface area (Å²) in [5, 5.41) is 4.48. The van der Waals surface area contributed by atoms with Gasteiger partial charge in [0.25, 0.3) is 0 Å². The van der Waals surface area contributed by atoms with E-state index in [0.717, 1.165) is 68.2 Å². The van der Waals surface area contributed by atoms with Crippen molar-refractivity contribution in [1.29, 1.82) is 0 Å². The average molecular weight is 539 g/mol. The molecule has 5 nitrogen and oxygen atoms in total. The second-order valence-electron chi connectivity index (χ2n) is 12.2. The van der Waals surface area contributed by atoms with Gasteiger partial charge >= 0.3 is 12.1 Å². The molecule has 6 rings (SSSR count). The van der Waals surface area contributed by atoms with Crippen LogP contribution in [-0.2, 0) is 15.7 Å². The first kappa shape index (κ1) is 26.1. The smallest absolute Gasteiger partial charge is 0.416 e. The largest absolute Gasteiger partial charge is 0.458 e. The molecule has 1 heterocycles. The second-order valence-corrected chi connectivity index (χ2v) is 12.2. The third-order valence-electron chi connectivity index (χ3n) is 10.3. The Morgan fingerprint density at radius 2 is 1.82 bits per heavy atom. The van der Waals surface area contributed by atoms with E-state index in [4.69, 9.17) is 4.74 Å². The number of allylic oxidation sites excluding steroid dienone is 3. The number of ether oxygens (including phenoxy) is 1. The Morgan fingerprint density at radius 3 is 2.49 bits per heavy atom. The van der Waals surface area contributed by atoms with Crippen LogP contribution in [0.15, 0.2) is 59.9 Å².